The first-order valence-electron chi connectivity index (χ1n) is 9.32. The lowest BCUT2D eigenvalue weighted by atomic mass is 10.1. The third kappa shape index (κ3) is 4.96. The molecular weight excluding hydrogens is 427 g/mol. The molecule has 6 nitrogen and oxygen atoms in total. The lowest BCUT2D eigenvalue weighted by Crippen LogP contribution is -2.08. The number of carbonyl (C=O) groups excluding carboxylic acids is 2. The molecular formula is C22H20Cl2N2O4. The van der Waals surface area contributed by atoms with Crippen molar-refractivity contribution in [2.24, 2.45) is 0 Å². The number of hydrogen-bond donors (Lipinski definition) is 2. The lowest BCUT2D eigenvalue weighted by molar-refractivity contribution is -0.111. The molecule has 0 fully saturated rings. The number of anilines is 1. The van der Waals surface area contributed by atoms with E-state index in [1.54, 1.807) is 43.3 Å². The number of halogens is 2. The van der Waals surface area contributed by atoms with Crippen molar-refractivity contribution in [1.29, 1.82) is 0 Å². The van der Waals surface area contributed by atoms with Gasteiger partial charge in [0.15, 0.2) is 0 Å². The van der Waals surface area contributed by atoms with Crippen LogP contribution in [-0.4, -0.2) is 30.1 Å². The van der Waals surface area contributed by atoms with Crippen molar-refractivity contribution in [3.05, 3.63) is 63.8 Å². The van der Waals surface area contributed by atoms with Gasteiger partial charge >= 0.3 is 5.97 Å². The average molecular weight is 447 g/mol. The number of carbonyl (C=O) groups is 2. The first-order valence-corrected chi connectivity index (χ1v) is 10.1. The Kier molecular flexibility index (Phi) is 7.03. The molecule has 0 unspecified atom stereocenters. The Morgan fingerprint density at radius 3 is 2.50 bits per heavy atom. The molecule has 0 radical (unpaired) electrons. The topological polar surface area (TPSA) is 80.4 Å². The molecule has 1 amide bonds. The zero-order chi connectivity index (χ0) is 21.7. The van der Waals surface area contributed by atoms with E-state index in [2.05, 4.69) is 10.3 Å². The van der Waals surface area contributed by atoms with Crippen LogP contribution in [0.2, 0.25) is 10.0 Å². The summed E-state index contributed by atoms with van der Waals surface area (Å²) >= 11 is 12.4. The Bertz CT molecular complexity index is 1100. The second kappa shape index (κ2) is 9.69. The van der Waals surface area contributed by atoms with Crippen molar-refractivity contribution in [2.45, 2.75) is 13.8 Å². The number of rotatable bonds is 7. The molecule has 0 saturated heterocycles. The van der Waals surface area contributed by atoms with E-state index in [1.165, 1.54) is 12.2 Å². The summed E-state index contributed by atoms with van der Waals surface area (Å²) < 4.78 is 10.5. The van der Waals surface area contributed by atoms with Crippen LogP contribution < -0.4 is 10.1 Å². The predicted molar refractivity (Wildman–Crippen MR) is 120 cm³/mol. The number of nitrogens with one attached hydrogen (secondary N) is 2. The largest absolute Gasteiger partial charge is 0.494 e. The van der Waals surface area contributed by atoms with Crippen molar-refractivity contribution < 1.29 is 19.1 Å². The third-order valence-electron chi connectivity index (χ3n) is 4.17. The van der Waals surface area contributed by atoms with Crippen LogP contribution in [0.3, 0.4) is 0 Å². The van der Waals surface area contributed by atoms with Crippen LogP contribution in [-0.2, 0) is 9.53 Å². The van der Waals surface area contributed by atoms with E-state index >= 15 is 0 Å². The predicted octanol–water partition coefficient (Wildman–Crippen LogP) is 5.70. The molecule has 1 heterocycles. The molecule has 0 aliphatic carbocycles. The van der Waals surface area contributed by atoms with Gasteiger partial charge < -0.3 is 19.8 Å². The maximum Gasteiger partial charge on any atom is 0.355 e. The highest BCUT2D eigenvalue weighted by molar-refractivity contribution is 6.39. The van der Waals surface area contributed by atoms with Gasteiger partial charge in [-0.15, -0.1) is 0 Å². The summed E-state index contributed by atoms with van der Waals surface area (Å²) in [6, 6.07) is 10.3. The standard InChI is InChI=1S/C22H20Cl2N2O4/c1-3-29-15-7-5-14(6-8-15)25-19(27)10-9-16-20-17(24)11-13(23)12-18(20)26-21(16)22(28)30-4-2/h5-12,26H,3-4H2,1-2H3,(H,25,27). The van der Waals surface area contributed by atoms with Crippen LogP contribution in [0, 0.1) is 0 Å². The maximum atomic E-state index is 12.4. The molecule has 156 valence electrons. The molecule has 30 heavy (non-hydrogen) atoms. The van der Waals surface area contributed by atoms with Gasteiger partial charge in [0.2, 0.25) is 5.91 Å². The Balaban J connectivity index is 1.89. The average Bonchev–Trinajstić information content (AvgIpc) is 3.07. The van der Waals surface area contributed by atoms with Crippen LogP contribution in [0.25, 0.3) is 17.0 Å². The fraction of sp³-hybridized carbons (Fsp3) is 0.182. The summed E-state index contributed by atoms with van der Waals surface area (Å²) in [6.45, 7) is 4.39. The molecule has 3 aromatic rings. The van der Waals surface area contributed by atoms with Crippen molar-refractivity contribution in [1.82, 2.24) is 4.98 Å². The van der Waals surface area contributed by atoms with Crippen LogP contribution in [0.1, 0.15) is 29.9 Å². The summed E-state index contributed by atoms with van der Waals surface area (Å²) in [5.74, 6) is -0.196. The minimum absolute atomic E-state index is 0.195. The molecule has 0 aliphatic rings. The van der Waals surface area contributed by atoms with E-state index in [1.807, 2.05) is 6.92 Å². The van der Waals surface area contributed by atoms with Gasteiger partial charge in [0.1, 0.15) is 11.4 Å². The first kappa shape index (κ1) is 21.7. The summed E-state index contributed by atoms with van der Waals surface area (Å²) in [5, 5.41) is 4.12. The van der Waals surface area contributed by atoms with Crippen molar-refractivity contribution in [3.63, 3.8) is 0 Å². The van der Waals surface area contributed by atoms with Gasteiger partial charge in [0.25, 0.3) is 0 Å². The summed E-state index contributed by atoms with van der Waals surface area (Å²) in [6.07, 6.45) is 2.85. The van der Waals surface area contributed by atoms with E-state index in [9.17, 15) is 9.59 Å². The quantitative estimate of drug-likeness (QED) is 0.360. The van der Waals surface area contributed by atoms with Crippen LogP contribution in [0.4, 0.5) is 5.69 Å². The fourth-order valence-electron chi connectivity index (χ4n) is 2.95. The number of fused-ring (bicyclic) bond motifs is 1. The van der Waals surface area contributed by atoms with Gasteiger partial charge in [-0.1, -0.05) is 23.2 Å². The highest BCUT2D eigenvalue weighted by Crippen LogP contribution is 2.33. The van der Waals surface area contributed by atoms with Crippen LogP contribution >= 0.6 is 23.2 Å². The Labute approximate surface area is 183 Å². The van der Waals surface area contributed by atoms with Crippen molar-refractivity contribution in [3.8, 4) is 5.75 Å². The third-order valence-corrected chi connectivity index (χ3v) is 4.68. The highest BCUT2D eigenvalue weighted by atomic mass is 35.5. The number of benzene rings is 2. The van der Waals surface area contributed by atoms with Gasteiger partial charge in [0, 0.05) is 33.3 Å². The number of ether oxygens (including phenoxy) is 2. The summed E-state index contributed by atoms with van der Waals surface area (Å²) in [4.78, 5) is 27.7. The summed E-state index contributed by atoms with van der Waals surface area (Å²) in [7, 11) is 0. The molecule has 3 rings (SSSR count). The fourth-order valence-corrected chi connectivity index (χ4v) is 3.54. The Hall–Kier alpha value is -2.96. The number of esters is 1. The Morgan fingerprint density at radius 1 is 1.10 bits per heavy atom. The second-order valence-electron chi connectivity index (χ2n) is 6.22. The minimum Gasteiger partial charge on any atom is -0.494 e. The highest BCUT2D eigenvalue weighted by Gasteiger charge is 2.19. The summed E-state index contributed by atoms with van der Waals surface area (Å²) in [5.41, 5.74) is 1.83. The zero-order valence-electron chi connectivity index (χ0n) is 16.4. The molecule has 8 heteroatoms. The molecule has 0 atom stereocenters. The normalized spacial score (nSPS) is 11.1. The SMILES string of the molecule is CCOC(=O)c1[nH]c2cc(Cl)cc(Cl)c2c1C=CC(=O)Nc1ccc(OCC)cc1. The number of aromatic nitrogens is 1. The maximum absolute atomic E-state index is 12.4. The molecule has 2 N–H and O–H groups in total. The minimum atomic E-state index is -0.549. The van der Waals surface area contributed by atoms with Crippen LogP contribution in [0.15, 0.2) is 42.5 Å². The van der Waals surface area contributed by atoms with Gasteiger partial charge in [0.05, 0.1) is 18.2 Å². The van der Waals surface area contributed by atoms with E-state index in [-0.39, 0.29) is 18.2 Å². The first-order chi connectivity index (χ1) is 14.4. The Morgan fingerprint density at radius 2 is 1.83 bits per heavy atom. The second-order valence-corrected chi connectivity index (χ2v) is 7.07. The zero-order valence-corrected chi connectivity index (χ0v) is 17.9. The lowest BCUT2D eigenvalue weighted by Gasteiger charge is -2.05. The molecule has 0 bridgehead atoms. The smallest absolute Gasteiger partial charge is 0.355 e. The van der Waals surface area contributed by atoms with Gasteiger partial charge in [-0.3, -0.25) is 4.79 Å². The van der Waals surface area contributed by atoms with E-state index in [4.69, 9.17) is 32.7 Å². The van der Waals surface area contributed by atoms with E-state index in [0.29, 0.717) is 38.8 Å². The van der Waals surface area contributed by atoms with E-state index in [0.717, 1.165) is 5.75 Å². The molecule has 2 aromatic carbocycles. The van der Waals surface area contributed by atoms with Gasteiger partial charge in [-0.05, 0) is 56.3 Å². The molecule has 0 aliphatic heterocycles. The van der Waals surface area contributed by atoms with Gasteiger partial charge in [-0.25, -0.2) is 4.79 Å². The van der Waals surface area contributed by atoms with Crippen LogP contribution in [0.5, 0.6) is 5.75 Å². The number of H-pyrrole nitrogens is 1. The van der Waals surface area contributed by atoms with Crippen molar-refractivity contribution >= 4 is 57.7 Å². The van der Waals surface area contributed by atoms with Crippen molar-refractivity contribution in [2.75, 3.05) is 18.5 Å². The number of amides is 1. The molecule has 0 spiro atoms. The number of hydrogen-bond acceptors (Lipinski definition) is 4. The number of aromatic amines is 1. The molecule has 0 saturated carbocycles. The van der Waals surface area contributed by atoms with Gasteiger partial charge in [-0.2, -0.15) is 0 Å². The molecule has 1 aromatic heterocycles. The van der Waals surface area contributed by atoms with E-state index < -0.39 is 5.97 Å². The monoisotopic (exact) mass is 446 g/mol.